The maximum atomic E-state index is 5.14. The van der Waals surface area contributed by atoms with Crippen molar-refractivity contribution in [2.24, 2.45) is 7.05 Å². The van der Waals surface area contributed by atoms with Crippen molar-refractivity contribution in [2.45, 2.75) is 18.2 Å². The summed E-state index contributed by atoms with van der Waals surface area (Å²) in [7, 11) is 1.85. The highest BCUT2D eigenvalue weighted by Gasteiger charge is 2.15. The van der Waals surface area contributed by atoms with Crippen LogP contribution in [0.5, 0.6) is 0 Å². The van der Waals surface area contributed by atoms with Gasteiger partial charge in [-0.25, -0.2) is 0 Å². The van der Waals surface area contributed by atoms with Crippen molar-refractivity contribution in [1.82, 2.24) is 19.9 Å². The number of nitrogens with zero attached hydrogens (tertiary/aromatic N) is 4. The molecular formula is C9H11BrN4O. The van der Waals surface area contributed by atoms with Gasteiger partial charge in [0.05, 0.1) is 16.6 Å². The summed E-state index contributed by atoms with van der Waals surface area (Å²) in [5, 5.41) is 7.95. The first-order chi connectivity index (χ1) is 7.20. The fraction of sp³-hybridized carbons (Fsp3) is 0.444. The normalized spacial score (nSPS) is 13.0. The highest BCUT2D eigenvalue weighted by Crippen LogP contribution is 2.26. The van der Waals surface area contributed by atoms with Crippen LogP contribution in [-0.4, -0.2) is 19.9 Å². The second-order valence-electron chi connectivity index (χ2n) is 3.23. The van der Waals surface area contributed by atoms with Crippen molar-refractivity contribution in [3.63, 3.8) is 0 Å². The highest BCUT2D eigenvalue weighted by atomic mass is 79.9. The lowest BCUT2D eigenvalue weighted by Gasteiger charge is -1.96. The Kier molecular flexibility index (Phi) is 2.86. The van der Waals surface area contributed by atoms with E-state index in [0.29, 0.717) is 11.7 Å². The van der Waals surface area contributed by atoms with E-state index >= 15 is 0 Å². The molecule has 2 rings (SSSR count). The van der Waals surface area contributed by atoms with Gasteiger partial charge in [-0.1, -0.05) is 28.0 Å². The monoisotopic (exact) mass is 270 g/mol. The molecule has 0 N–H and O–H groups in total. The predicted octanol–water partition coefficient (Wildman–Crippen LogP) is 2.32. The number of hydrogen-bond acceptors (Lipinski definition) is 4. The van der Waals surface area contributed by atoms with E-state index in [1.807, 2.05) is 20.2 Å². The van der Waals surface area contributed by atoms with Gasteiger partial charge >= 0.3 is 0 Å². The quantitative estimate of drug-likeness (QED) is 0.804. The Morgan fingerprint density at radius 3 is 3.00 bits per heavy atom. The zero-order chi connectivity index (χ0) is 10.8. The predicted molar refractivity (Wildman–Crippen MR) is 58.5 cm³/mol. The number of hydrogen-bond donors (Lipinski definition) is 0. The molecule has 5 nitrogen and oxygen atoms in total. The number of alkyl halides is 1. The number of halogens is 1. The summed E-state index contributed by atoms with van der Waals surface area (Å²) in [6, 6.07) is 0. The van der Waals surface area contributed by atoms with E-state index in [2.05, 4.69) is 31.2 Å². The second kappa shape index (κ2) is 4.14. The third-order valence-electron chi connectivity index (χ3n) is 2.03. The Balaban J connectivity index is 2.27. The van der Waals surface area contributed by atoms with E-state index < -0.39 is 0 Å². The lowest BCUT2D eigenvalue weighted by atomic mass is 10.3. The maximum absolute atomic E-state index is 5.14. The third kappa shape index (κ3) is 2.09. The molecule has 0 aliphatic rings. The first kappa shape index (κ1) is 10.4. The molecule has 0 spiro atoms. The van der Waals surface area contributed by atoms with Crippen molar-refractivity contribution < 1.29 is 4.52 Å². The molecule has 0 aliphatic heterocycles. The Hall–Kier alpha value is -1.17. The molecule has 2 heterocycles. The van der Waals surface area contributed by atoms with Gasteiger partial charge in [-0.05, 0) is 6.42 Å². The van der Waals surface area contributed by atoms with Gasteiger partial charge in [0.2, 0.25) is 11.7 Å². The third-order valence-corrected chi connectivity index (χ3v) is 3.07. The van der Waals surface area contributed by atoms with Gasteiger partial charge in [-0.2, -0.15) is 10.1 Å². The van der Waals surface area contributed by atoms with E-state index in [4.69, 9.17) is 4.52 Å². The first-order valence-electron chi connectivity index (χ1n) is 4.67. The van der Waals surface area contributed by atoms with Crippen LogP contribution >= 0.6 is 15.9 Å². The summed E-state index contributed by atoms with van der Waals surface area (Å²) in [5.74, 6) is 1.19. The Morgan fingerprint density at radius 1 is 1.60 bits per heavy atom. The van der Waals surface area contributed by atoms with Gasteiger partial charge in [0.15, 0.2) is 0 Å². The largest absolute Gasteiger partial charge is 0.338 e. The average Bonchev–Trinajstić information content (AvgIpc) is 2.84. The minimum Gasteiger partial charge on any atom is -0.338 e. The van der Waals surface area contributed by atoms with Gasteiger partial charge < -0.3 is 4.52 Å². The summed E-state index contributed by atoms with van der Waals surface area (Å²) in [6.45, 7) is 2.05. The number of aromatic nitrogens is 4. The molecule has 1 unspecified atom stereocenters. The van der Waals surface area contributed by atoms with E-state index in [9.17, 15) is 0 Å². The zero-order valence-corrected chi connectivity index (χ0v) is 10.1. The van der Waals surface area contributed by atoms with Gasteiger partial charge in [0, 0.05) is 13.2 Å². The van der Waals surface area contributed by atoms with Gasteiger partial charge in [-0.3, -0.25) is 4.68 Å². The van der Waals surface area contributed by atoms with Crippen molar-refractivity contribution in [1.29, 1.82) is 0 Å². The fourth-order valence-electron chi connectivity index (χ4n) is 1.19. The lowest BCUT2D eigenvalue weighted by molar-refractivity contribution is 0.377. The molecule has 0 fully saturated rings. The summed E-state index contributed by atoms with van der Waals surface area (Å²) in [4.78, 5) is 4.41. The van der Waals surface area contributed by atoms with E-state index in [-0.39, 0.29) is 4.83 Å². The molecule has 0 radical (unpaired) electrons. The summed E-state index contributed by atoms with van der Waals surface area (Å²) in [5.41, 5.74) is 0.864. The molecule has 80 valence electrons. The van der Waals surface area contributed by atoms with Crippen LogP contribution in [0.3, 0.4) is 0 Å². The summed E-state index contributed by atoms with van der Waals surface area (Å²) < 4.78 is 6.84. The van der Waals surface area contributed by atoms with Crippen LogP contribution in [0.2, 0.25) is 0 Å². The molecule has 0 amide bonds. The standard InChI is InChI=1S/C9H11BrN4O/c1-3-7(10)9-12-8(13-15-9)6-4-11-14(2)5-6/h4-5,7H,3H2,1-2H3. The molecule has 0 saturated carbocycles. The number of rotatable bonds is 3. The first-order valence-corrected chi connectivity index (χ1v) is 5.59. The zero-order valence-electron chi connectivity index (χ0n) is 8.51. The van der Waals surface area contributed by atoms with Crippen LogP contribution in [0.1, 0.15) is 24.1 Å². The Morgan fingerprint density at radius 2 is 2.40 bits per heavy atom. The van der Waals surface area contributed by atoms with Crippen LogP contribution in [0, 0.1) is 0 Å². The number of aryl methyl sites for hydroxylation is 1. The molecule has 0 aromatic carbocycles. The van der Waals surface area contributed by atoms with Crippen molar-refractivity contribution in [2.75, 3.05) is 0 Å². The van der Waals surface area contributed by atoms with E-state index in [1.165, 1.54) is 0 Å². The molecule has 2 aromatic rings. The molecule has 0 saturated heterocycles. The average molecular weight is 271 g/mol. The van der Waals surface area contributed by atoms with E-state index in [0.717, 1.165) is 12.0 Å². The lowest BCUT2D eigenvalue weighted by Crippen LogP contribution is -1.87. The fourth-order valence-corrected chi connectivity index (χ4v) is 1.38. The van der Waals surface area contributed by atoms with Gasteiger partial charge in [-0.15, -0.1) is 0 Å². The SMILES string of the molecule is CCC(Br)c1nc(-c2cnn(C)c2)no1. The molecule has 0 aliphatic carbocycles. The second-order valence-corrected chi connectivity index (χ2v) is 4.34. The van der Waals surface area contributed by atoms with Gasteiger partial charge in [0.25, 0.3) is 0 Å². The highest BCUT2D eigenvalue weighted by molar-refractivity contribution is 9.09. The van der Waals surface area contributed by atoms with Crippen molar-refractivity contribution in [3.8, 4) is 11.4 Å². The minimum atomic E-state index is 0.121. The van der Waals surface area contributed by atoms with Gasteiger partial charge in [0.1, 0.15) is 0 Å². The molecule has 0 bridgehead atoms. The Labute approximate surface area is 95.6 Å². The van der Waals surface area contributed by atoms with Crippen LogP contribution < -0.4 is 0 Å². The maximum Gasteiger partial charge on any atom is 0.240 e. The molecule has 2 aromatic heterocycles. The minimum absolute atomic E-state index is 0.121. The molecule has 1 atom stereocenters. The van der Waals surface area contributed by atoms with E-state index in [1.54, 1.807) is 10.9 Å². The smallest absolute Gasteiger partial charge is 0.240 e. The molecule has 15 heavy (non-hydrogen) atoms. The molecule has 6 heteroatoms. The van der Waals surface area contributed by atoms with Crippen LogP contribution in [-0.2, 0) is 7.05 Å². The van der Waals surface area contributed by atoms with Crippen LogP contribution in [0.25, 0.3) is 11.4 Å². The van der Waals surface area contributed by atoms with Crippen LogP contribution in [0.15, 0.2) is 16.9 Å². The molecular weight excluding hydrogens is 260 g/mol. The summed E-state index contributed by atoms with van der Waals surface area (Å²) >= 11 is 3.46. The Bertz CT molecular complexity index is 450. The van der Waals surface area contributed by atoms with Crippen molar-refractivity contribution >= 4 is 15.9 Å². The van der Waals surface area contributed by atoms with Crippen LogP contribution in [0.4, 0.5) is 0 Å². The summed E-state index contributed by atoms with van der Waals surface area (Å²) in [6.07, 6.45) is 4.47. The topological polar surface area (TPSA) is 56.7 Å². The van der Waals surface area contributed by atoms with Crippen molar-refractivity contribution in [3.05, 3.63) is 18.3 Å².